The van der Waals surface area contributed by atoms with Crippen molar-refractivity contribution < 1.29 is 4.79 Å². The van der Waals surface area contributed by atoms with Gasteiger partial charge in [0.1, 0.15) is 0 Å². The molecule has 0 N–H and O–H groups in total. The van der Waals surface area contributed by atoms with Crippen LogP contribution in [-0.2, 0) is 4.79 Å². The molecule has 20 heavy (non-hydrogen) atoms. The van der Waals surface area contributed by atoms with Gasteiger partial charge >= 0.3 is 0 Å². The van der Waals surface area contributed by atoms with E-state index < -0.39 is 0 Å². The van der Waals surface area contributed by atoms with Crippen LogP contribution in [0.15, 0.2) is 12.7 Å². The molecule has 0 spiro atoms. The van der Waals surface area contributed by atoms with Crippen molar-refractivity contribution in [2.24, 2.45) is 5.92 Å². The van der Waals surface area contributed by atoms with Gasteiger partial charge in [0, 0.05) is 12.0 Å². The molecule has 0 aliphatic heterocycles. The molecular formula is C18H35NO. The predicted octanol–water partition coefficient (Wildman–Crippen LogP) is 4.84. The topological polar surface area (TPSA) is 20.3 Å². The summed E-state index contributed by atoms with van der Waals surface area (Å²) in [4.78, 5) is 14.9. The Balaban J connectivity index is 4.55. The molecule has 2 heteroatoms. The summed E-state index contributed by atoms with van der Waals surface area (Å²) in [6, 6.07) is 0.392. The molecule has 0 saturated carbocycles. The van der Waals surface area contributed by atoms with Crippen LogP contribution in [0, 0.1) is 5.92 Å². The van der Waals surface area contributed by atoms with E-state index in [0.29, 0.717) is 11.8 Å². The van der Waals surface area contributed by atoms with E-state index in [1.807, 2.05) is 19.9 Å². The van der Waals surface area contributed by atoms with Crippen molar-refractivity contribution in [3.05, 3.63) is 12.7 Å². The number of carbonyl (C=O) groups is 1. The first-order valence-electron chi connectivity index (χ1n) is 8.15. The van der Waals surface area contributed by atoms with Crippen LogP contribution < -0.4 is 0 Å². The van der Waals surface area contributed by atoms with Gasteiger partial charge in [-0.1, -0.05) is 39.2 Å². The minimum Gasteiger partial charge on any atom is -0.297 e. The van der Waals surface area contributed by atoms with Gasteiger partial charge in [-0.15, -0.1) is 6.58 Å². The quantitative estimate of drug-likeness (QED) is 0.399. The third kappa shape index (κ3) is 5.78. The first-order chi connectivity index (χ1) is 9.27. The molecule has 0 aliphatic carbocycles. The van der Waals surface area contributed by atoms with Gasteiger partial charge in [-0.2, -0.15) is 0 Å². The minimum atomic E-state index is -0.319. The van der Waals surface area contributed by atoms with Gasteiger partial charge in [-0.25, -0.2) is 0 Å². The maximum atomic E-state index is 12.6. The van der Waals surface area contributed by atoms with Crippen LogP contribution in [0.2, 0.25) is 0 Å². The van der Waals surface area contributed by atoms with Crippen LogP contribution in [0.5, 0.6) is 0 Å². The number of Topliss-reactive ketones (excluding diaryl/α,β-unsaturated/α-hetero) is 1. The van der Waals surface area contributed by atoms with Crippen LogP contribution >= 0.6 is 0 Å². The predicted molar refractivity (Wildman–Crippen MR) is 89.0 cm³/mol. The third-order valence-electron chi connectivity index (χ3n) is 4.43. The normalized spacial score (nSPS) is 14.8. The Bertz CT molecular complexity index is 296. The second-order valence-electron chi connectivity index (χ2n) is 6.74. The highest BCUT2D eigenvalue weighted by atomic mass is 16.1. The molecular weight excluding hydrogens is 246 g/mol. The highest BCUT2D eigenvalue weighted by molar-refractivity contribution is 5.89. The smallest absolute Gasteiger partial charge is 0.155 e. The van der Waals surface area contributed by atoms with E-state index in [4.69, 9.17) is 0 Å². The maximum Gasteiger partial charge on any atom is 0.155 e. The van der Waals surface area contributed by atoms with Crippen LogP contribution in [0.1, 0.15) is 73.1 Å². The zero-order chi connectivity index (χ0) is 15.8. The molecule has 118 valence electrons. The number of carbonyl (C=O) groups excluding carboxylic acids is 1. The van der Waals surface area contributed by atoms with Gasteiger partial charge in [0.25, 0.3) is 0 Å². The molecule has 0 heterocycles. The summed E-state index contributed by atoms with van der Waals surface area (Å²) in [6.45, 7) is 14.2. The summed E-state index contributed by atoms with van der Waals surface area (Å²) in [5.74, 6) is 0.474. The first kappa shape index (κ1) is 19.4. The summed E-state index contributed by atoms with van der Waals surface area (Å²) in [7, 11) is 2.09. The SMILES string of the molecule is C=CCCCCCCC(C)(C(=O)C(C)C)N(C)C(C)C. The standard InChI is InChI=1S/C18H35NO/c1-8-9-10-11-12-13-14-18(6,17(20)15(2)3)19(7)16(4)5/h8,15-16H,1,9-14H2,2-7H3. The molecule has 0 radical (unpaired) electrons. The fourth-order valence-electron chi connectivity index (χ4n) is 2.78. The van der Waals surface area contributed by atoms with Crippen molar-refractivity contribution in [3.8, 4) is 0 Å². The molecule has 1 unspecified atom stereocenters. The lowest BCUT2D eigenvalue weighted by Gasteiger charge is -2.41. The average molecular weight is 281 g/mol. The van der Waals surface area contributed by atoms with Crippen LogP contribution in [0.3, 0.4) is 0 Å². The Morgan fingerprint density at radius 1 is 1.15 bits per heavy atom. The highest BCUT2D eigenvalue weighted by Crippen LogP contribution is 2.27. The van der Waals surface area contributed by atoms with E-state index >= 15 is 0 Å². The summed E-state index contributed by atoms with van der Waals surface area (Å²) in [5.41, 5.74) is -0.319. The molecule has 2 nitrogen and oxygen atoms in total. The molecule has 0 aromatic heterocycles. The number of ketones is 1. The largest absolute Gasteiger partial charge is 0.297 e. The minimum absolute atomic E-state index is 0.0990. The number of nitrogens with zero attached hydrogens (tertiary/aromatic N) is 1. The maximum absolute atomic E-state index is 12.6. The molecule has 0 rings (SSSR count). The lowest BCUT2D eigenvalue weighted by Crippen LogP contribution is -2.54. The zero-order valence-corrected chi connectivity index (χ0v) is 14.5. The Kier molecular flexibility index (Phi) is 9.04. The van der Waals surface area contributed by atoms with Crippen molar-refractivity contribution in [2.45, 2.75) is 84.7 Å². The second kappa shape index (κ2) is 9.33. The van der Waals surface area contributed by atoms with E-state index in [1.165, 1.54) is 19.3 Å². The summed E-state index contributed by atoms with van der Waals surface area (Å²) < 4.78 is 0. The van der Waals surface area contributed by atoms with E-state index in [0.717, 1.165) is 19.3 Å². The highest BCUT2D eigenvalue weighted by Gasteiger charge is 2.38. The van der Waals surface area contributed by atoms with Gasteiger partial charge in [-0.3, -0.25) is 9.69 Å². The Hall–Kier alpha value is -0.630. The van der Waals surface area contributed by atoms with E-state index in [1.54, 1.807) is 0 Å². The van der Waals surface area contributed by atoms with Gasteiger partial charge in [0.2, 0.25) is 0 Å². The number of allylic oxidation sites excluding steroid dienone is 1. The molecule has 0 bridgehead atoms. The molecule has 0 saturated heterocycles. The summed E-state index contributed by atoms with van der Waals surface area (Å²) in [5, 5.41) is 0. The average Bonchev–Trinajstić information content (AvgIpc) is 2.40. The van der Waals surface area contributed by atoms with Crippen molar-refractivity contribution >= 4 is 5.78 Å². The third-order valence-corrected chi connectivity index (χ3v) is 4.43. The zero-order valence-electron chi connectivity index (χ0n) is 14.5. The van der Waals surface area contributed by atoms with Crippen LogP contribution in [0.25, 0.3) is 0 Å². The fraction of sp³-hybridized carbons (Fsp3) is 0.833. The van der Waals surface area contributed by atoms with E-state index in [2.05, 4.69) is 39.3 Å². The first-order valence-corrected chi connectivity index (χ1v) is 8.15. The van der Waals surface area contributed by atoms with Crippen LogP contribution in [0.4, 0.5) is 0 Å². The molecule has 0 aromatic rings. The molecule has 0 aromatic carbocycles. The van der Waals surface area contributed by atoms with Crippen molar-refractivity contribution in [1.82, 2.24) is 4.90 Å². The Labute approximate surface area is 126 Å². The number of hydrogen-bond donors (Lipinski definition) is 0. The lowest BCUT2D eigenvalue weighted by molar-refractivity contribution is -0.134. The fourth-order valence-corrected chi connectivity index (χ4v) is 2.78. The number of rotatable bonds is 11. The van der Waals surface area contributed by atoms with Crippen molar-refractivity contribution in [1.29, 1.82) is 0 Å². The monoisotopic (exact) mass is 281 g/mol. The van der Waals surface area contributed by atoms with Gasteiger partial charge in [-0.05, 0) is 47.1 Å². The number of hydrogen-bond acceptors (Lipinski definition) is 2. The number of unbranched alkanes of at least 4 members (excludes halogenated alkanes) is 4. The number of likely N-dealkylation sites (N-methyl/N-ethyl adjacent to an activating group) is 1. The second-order valence-corrected chi connectivity index (χ2v) is 6.74. The van der Waals surface area contributed by atoms with Gasteiger partial charge in [0.05, 0.1) is 5.54 Å². The van der Waals surface area contributed by atoms with E-state index in [9.17, 15) is 4.79 Å². The molecule has 0 amide bonds. The van der Waals surface area contributed by atoms with Gasteiger partial charge in [0.15, 0.2) is 5.78 Å². The van der Waals surface area contributed by atoms with Gasteiger partial charge < -0.3 is 0 Å². The van der Waals surface area contributed by atoms with Crippen LogP contribution in [-0.4, -0.2) is 29.3 Å². The summed E-state index contributed by atoms with van der Waals surface area (Å²) in [6.07, 6.45) is 8.85. The van der Waals surface area contributed by atoms with Crippen molar-refractivity contribution in [2.75, 3.05) is 7.05 Å². The lowest BCUT2D eigenvalue weighted by atomic mass is 9.82. The summed E-state index contributed by atoms with van der Waals surface area (Å²) >= 11 is 0. The molecule has 0 fully saturated rings. The Morgan fingerprint density at radius 2 is 1.70 bits per heavy atom. The molecule has 0 aliphatic rings. The van der Waals surface area contributed by atoms with E-state index in [-0.39, 0.29) is 11.5 Å². The molecule has 1 atom stereocenters. The Morgan fingerprint density at radius 3 is 2.15 bits per heavy atom. The van der Waals surface area contributed by atoms with Crippen molar-refractivity contribution in [3.63, 3.8) is 0 Å².